The summed E-state index contributed by atoms with van der Waals surface area (Å²) in [5, 5.41) is 12.9. The Balaban J connectivity index is 2.22. The first kappa shape index (κ1) is 6.68. The van der Waals surface area contributed by atoms with Crippen LogP contribution in [0.25, 0.3) is 0 Å². The lowest BCUT2D eigenvalue weighted by atomic mass is 10.3. The minimum absolute atomic E-state index is 0.871. The fourth-order valence-corrected chi connectivity index (χ4v) is 0.783. The van der Waals surface area contributed by atoms with Gasteiger partial charge in [-0.25, -0.2) is 0 Å². The minimum atomic E-state index is 0.871. The summed E-state index contributed by atoms with van der Waals surface area (Å²) < 4.78 is 0. The highest BCUT2D eigenvalue weighted by atomic mass is 15.1. The Hall–Kier alpha value is -2.02. The van der Waals surface area contributed by atoms with E-state index in [1.807, 2.05) is 0 Å². The number of nitrogens with one attached hydrogen (secondary N) is 2. The van der Waals surface area contributed by atoms with Gasteiger partial charge >= 0.3 is 0 Å². The van der Waals surface area contributed by atoms with E-state index in [1.165, 1.54) is 0 Å². The van der Waals surface area contributed by atoms with Crippen molar-refractivity contribution >= 4 is 0 Å². The molecule has 0 aliphatic heterocycles. The first-order chi connectivity index (χ1) is 5.95. The second kappa shape index (κ2) is 2.93. The molecule has 0 aliphatic rings. The Labute approximate surface area is 69.0 Å². The van der Waals surface area contributed by atoms with Gasteiger partial charge in [0.05, 0.1) is 23.5 Å². The predicted molar refractivity (Wildman–Crippen MR) is 43.2 cm³/mol. The average molecular weight is 158 g/mol. The van der Waals surface area contributed by atoms with Gasteiger partial charge in [-0.2, -0.15) is 10.2 Å². The van der Waals surface area contributed by atoms with Crippen LogP contribution in [0.4, 0.5) is 0 Å². The molecule has 12 heavy (non-hydrogen) atoms. The van der Waals surface area contributed by atoms with Crippen molar-refractivity contribution in [2.45, 2.75) is 0 Å². The summed E-state index contributed by atoms with van der Waals surface area (Å²) in [7, 11) is 0. The van der Waals surface area contributed by atoms with Crippen molar-refractivity contribution < 1.29 is 0 Å². The van der Waals surface area contributed by atoms with E-state index in [9.17, 15) is 0 Å². The second-order valence-electron chi connectivity index (χ2n) is 2.22. The average Bonchev–Trinajstić information content (AvgIpc) is 2.74. The van der Waals surface area contributed by atoms with E-state index in [0.717, 1.165) is 11.1 Å². The molecule has 2 aromatic heterocycles. The van der Waals surface area contributed by atoms with Crippen LogP contribution in [0.3, 0.4) is 0 Å². The molecular weight excluding hydrogens is 152 g/mol. The van der Waals surface area contributed by atoms with Crippen LogP contribution in [0, 0.1) is 11.8 Å². The predicted octanol–water partition coefficient (Wildman–Crippen LogP) is 0.533. The Morgan fingerprint density at radius 1 is 0.917 bits per heavy atom. The van der Waals surface area contributed by atoms with Gasteiger partial charge in [0.25, 0.3) is 0 Å². The van der Waals surface area contributed by atoms with E-state index in [-0.39, 0.29) is 0 Å². The Morgan fingerprint density at radius 3 is 1.75 bits per heavy atom. The lowest BCUT2D eigenvalue weighted by Gasteiger charge is -1.74. The van der Waals surface area contributed by atoms with Gasteiger partial charge in [0.15, 0.2) is 0 Å². The molecular formula is C8H6N4. The van der Waals surface area contributed by atoms with Crippen molar-refractivity contribution in [3.63, 3.8) is 0 Å². The second-order valence-corrected chi connectivity index (χ2v) is 2.22. The summed E-state index contributed by atoms with van der Waals surface area (Å²) in [5.41, 5.74) is 1.74. The third kappa shape index (κ3) is 1.35. The topological polar surface area (TPSA) is 57.4 Å². The molecule has 0 spiro atoms. The van der Waals surface area contributed by atoms with Crippen molar-refractivity contribution in [3.8, 4) is 11.8 Å². The molecule has 2 aromatic rings. The van der Waals surface area contributed by atoms with Crippen LogP contribution in [-0.4, -0.2) is 20.4 Å². The van der Waals surface area contributed by atoms with Crippen molar-refractivity contribution in [2.24, 2.45) is 0 Å². The highest BCUT2D eigenvalue weighted by molar-refractivity contribution is 5.38. The van der Waals surface area contributed by atoms with Crippen LogP contribution in [0.15, 0.2) is 24.8 Å². The number of aromatic nitrogens is 4. The highest BCUT2D eigenvalue weighted by Gasteiger charge is 1.86. The molecule has 2 heterocycles. The summed E-state index contributed by atoms with van der Waals surface area (Å²) in [6.07, 6.45) is 6.83. The van der Waals surface area contributed by atoms with Gasteiger partial charge in [-0.3, -0.25) is 10.2 Å². The molecule has 0 amide bonds. The fraction of sp³-hybridized carbons (Fsp3) is 0. The van der Waals surface area contributed by atoms with Crippen molar-refractivity contribution in [1.29, 1.82) is 0 Å². The number of rotatable bonds is 0. The Bertz CT molecular complexity index is 350. The molecule has 0 saturated carbocycles. The fourth-order valence-electron chi connectivity index (χ4n) is 0.783. The molecule has 0 aromatic carbocycles. The van der Waals surface area contributed by atoms with Gasteiger partial charge in [0, 0.05) is 12.4 Å². The summed E-state index contributed by atoms with van der Waals surface area (Å²) in [6, 6.07) is 0. The quantitative estimate of drug-likeness (QED) is 0.549. The van der Waals surface area contributed by atoms with Crippen LogP contribution >= 0.6 is 0 Å². The number of aromatic amines is 2. The molecule has 4 heteroatoms. The molecule has 0 radical (unpaired) electrons. The largest absolute Gasteiger partial charge is 0.284 e. The third-order valence-corrected chi connectivity index (χ3v) is 1.35. The van der Waals surface area contributed by atoms with Crippen LogP contribution in [0.1, 0.15) is 11.1 Å². The number of H-pyrrole nitrogens is 2. The Kier molecular flexibility index (Phi) is 1.63. The van der Waals surface area contributed by atoms with Crippen LogP contribution in [0.2, 0.25) is 0 Å². The smallest absolute Gasteiger partial charge is 0.0644 e. The van der Waals surface area contributed by atoms with Crippen molar-refractivity contribution in [2.75, 3.05) is 0 Å². The zero-order valence-electron chi connectivity index (χ0n) is 6.20. The highest BCUT2D eigenvalue weighted by Crippen LogP contribution is 1.92. The molecule has 0 saturated heterocycles. The standard InChI is InChI=1S/C8H6N4/c1(7-3-9-10-4-7)2-8-5-11-12-6-8/h3-6H,(H,9,10)(H,11,12). The molecule has 58 valence electrons. The first-order valence-electron chi connectivity index (χ1n) is 3.45. The monoisotopic (exact) mass is 158 g/mol. The maximum atomic E-state index is 3.77. The summed E-state index contributed by atoms with van der Waals surface area (Å²) >= 11 is 0. The van der Waals surface area contributed by atoms with Gasteiger partial charge in [0.1, 0.15) is 0 Å². The van der Waals surface area contributed by atoms with E-state index in [0.29, 0.717) is 0 Å². The van der Waals surface area contributed by atoms with E-state index in [1.54, 1.807) is 24.8 Å². The Morgan fingerprint density at radius 2 is 1.42 bits per heavy atom. The number of hydrogen-bond acceptors (Lipinski definition) is 2. The summed E-state index contributed by atoms with van der Waals surface area (Å²) in [4.78, 5) is 0. The van der Waals surface area contributed by atoms with E-state index in [2.05, 4.69) is 32.2 Å². The molecule has 4 nitrogen and oxygen atoms in total. The van der Waals surface area contributed by atoms with E-state index >= 15 is 0 Å². The number of hydrogen-bond donors (Lipinski definition) is 2. The van der Waals surface area contributed by atoms with Crippen LogP contribution in [-0.2, 0) is 0 Å². The minimum Gasteiger partial charge on any atom is -0.284 e. The molecule has 2 N–H and O–H groups in total. The van der Waals surface area contributed by atoms with Gasteiger partial charge in [-0.15, -0.1) is 0 Å². The SMILES string of the molecule is C(#Cc1cn[nH]c1)c1cn[nH]c1. The maximum Gasteiger partial charge on any atom is 0.0644 e. The zero-order chi connectivity index (χ0) is 8.23. The molecule has 0 fully saturated rings. The third-order valence-electron chi connectivity index (χ3n) is 1.35. The van der Waals surface area contributed by atoms with E-state index < -0.39 is 0 Å². The van der Waals surface area contributed by atoms with Gasteiger partial charge in [-0.1, -0.05) is 11.8 Å². The zero-order valence-corrected chi connectivity index (χ0v) is 6.20. The van der Waals surface area contributed by atoms with Gasteiger partial charge in [0.2, 0.25) is 0 Å². The van der Waals surface area contributed by atoms with Gasteiger partial charge < -0.3 is 0 Å². The lowest BCUT2D eigenvalue weighted by Crippen LogP contribution is -1.66. The number of nitrogens with zero attached hydrogens (tertiary/aromatic N) is 2. The summed E-state index contributed by atoms with van der Waals surface area (Å²) in [6.45, 7) is 0. The first-order valence-corrected chi connectivity index (χ1v) is 3.45. The molecule has 0 atom stereocenters. The molecule has 0 unspecified atom stereocenters. The van der Waals surface area contributed by atoms with Crippen molar-refractivity contribution in [3.05, 3.63) is 35.9 Å². The molecule has 0 bridgehead atoms. The van der Waals surface area contributed by atoms with Crippen molar-refractivity contribution in [1.82, 2.24) is 20.4 Å². The van der Waals surface area contributed by atoms with E-state index in [4.69, 9.17) is 0 Å². The van der Waals surface area contributed by atoms with Crippen LogP contribution < -0.4 is 0 Å². The van der Waals surface area contributed by atoms with Crippen LogP contribution in [0.5, 0.6) is 0 Å². The normalized spacial score (nSPS) is 9.00. The molecule has 2 rings (SSSR count). The lowest BCUT2D eigenvalue weighted by molar-refractivity contribution is 1.09. The van der Waals surface area contributed by atoms with Gasteiger partial charge in [-0.05, 0) is 0 Å². The molecule has 0 aliphatic carbocycles. The summed E-state index contributed by atoms with van der Waals surface area (Å²) in [5.74, 6) is 5.85. The maximum absolute atomic E-state index is 3.77.